The van der Waals surface area contributed by atoms with Crippen LogP contribution < -0.4 is 0 Å². The molecule has 2 aromatic rings. The fourth-order valence-corrected chi connectivity index (χ4v) is 1.37. The van der Waals surface area contributed by atoms with Gasteiger partial charge in [-0.1, -0.05) is 6.07 Å². The van der Waals surface area contributed by atoms with Crippen molar-refractivity contribution in [3.63, 3.8) is 0 Å². The van der Waals surface area contributed by atoms with Crippen LogP contribution in [0.4, 0.5) is 8.78 Å². The maximum absolute atomic E-state index is 13.3. The minimum atomic E-state index is -1.13. The fraction of sp³-hybridized carbons (Fsp3) is 0.0909. The number of ketones is 1. The number of aryl methyl sites for hydroxylation is 1. The molecule has 0 aliphatic heterocycles. The van der Waals surface area contributed by atoms with Gasteiger partial charge in [0.2, 0.25) is 0 Å². The minimum absolute atomic E-state index is 0.229. The van der Waals surface area contributed by atoms with Crippen molar-refractivity contribution < 1.29 is 13.6 Å². The molecule has 0 fully saturated rings. The predicted molar refractivity (Wildman–Crippen MR) is 53.0 cm³/mol. The van der Waals surface area contributed by atoms with Gasteiger partial charge in [0.1, 0.15) is 0 Å². The number of halogens is 2. The Balaban J connectivity index is 2.45. The molecule has 1 heterocycles. The van der Waals surface area contributed by atoms with Crippen LogP contribution in [0.2, 0.25) is 0 Å². The van der Waals surface area contributed by atoms with Crippen molar-refractivity contribution in [2.24, 2.45) is 7.05 Å². The predicted octanol–water partition coefficient (Wildman–Crippen LogP) is 1.93. The summed E-state index contributed by atoms with van der Waals surface area (Å²) in [5.74, 6) is -2.74. The number of carbonyl (C=O) groups excluding carboxylic acids is 1. The average Bonchev–Trinajstić information content (AvgIpc) is 2.68. The van der Waals surface area contributed by atoms with Crippen LogP contribution in [0.15, 0.2) is 30.6 Å². The second-order valence-corrected chi connectivity index (χ2v) is 3.33. The molecule has 0 saturated heterocycles. The summed E-state index contributed by atoms with van der Waals surface area (Å²) in [6.07, 6.45) is 2.76. The summed E-state index contributed by atoms with van der Waals surface area (Å²) in [6, 6.07) is 3.51. The SMILES string of the molecule is Cn1cc(C(=O)c2cccc(F)c2F)cn1. The molecule has 0 radical (unpaired) electrons. The van der Waals surface area contributed by atoms with E-state index in [0.717, 1.165) is 6.07 Å². The zero-order valence-corrected chi connectivity index (χ0v) is 8.45. The van der Waals surface area contributed by atoms with Crippen LogP contribution in [0.5, 0.6) is 0 Å². The van der Waals surface area contributed by atoms with Crippen molar-refractivity contribution >= 4 is 5.78 Å². The van der Waals surface area contributed by atoms with Gasteiger partial charge in [-0.05, 0) is 12.1 Å². The zero-order chi connectivity index (χ0) is 11.7. The summed E-state index contributed by atoms with van der Waals surface area (Å²) >= 11 is 0. The molecule has 0 amide bonds. The molecule has 0 unspecified atom stereocenters. The standard InChI is InChI=1S/C11H8F2N2O/c1-15-6-7(5-14-15)11(16)8-3-2-4-9(12)10(8)13/h2-6H,1H3. The summed E-state index contributed by atoms with van der Waals surface area (Å²) in [5, 5.41) is 3.79. The summed E-state index contributed by atoms with van der Waals surface area (Å²) in [5.41, 5.74) is -0.0556. The normalized spacial score (nSPS) is 10.4. The second kappa shape index (κ2) is 3.84. The molecule has 82 valence electrons. The monoisotopic (exact) mass is 222 g/mol. The molecule has 1 aromatic carbocycles. The zero-order valence-electron chi connectivity index (χ0n) is 8.45. The Morgan fingerprint density at radius 2 is 2.12 bits per heavy atom. The molecular weight excluding hydrogens is 214 g/mol. The quantitative estimate of drug-likeness (QED) is 0.728. The lowest BCUT2D eigenvalue weighted by Gasteiger charge is -2.00. The van der Waals surface area contributed by atoms with Crippen LogP contribution in [0.3, 0.4) is 0 Å². The van der Waals surface area contributed by atoms with E-state index in [4.69, 9.17) is 0 Å². The maximum atomic E-state index is 13.3. The third-order valence-corrected chi connectivity index (χ3v) is 2.16. The van der Waals surface area contributed by atoms with Gasteiger partial charge in [-0.2, -0.15) is 5.10 Å². The molecule has 1 aromatic heterocycles. The van der Waals surface area contributed by atoms with Gasteiger partial charge in [0, 0.05) is 13.2 Å². The smallest absolute Gasteiger partial charge is 0.199 e. The molecule has 0 saturated carbocycles. The number of benzene rings is 1. The van der Waals surface area contributed by atoms with Crippen molar-refractivity contribution in [2.75, 3.05) is 0 Å². The number of carbonyl (C=O) groups is 1. The molecule has 0 N–H and O–H groups in total. The molecule has 5 heteroatoms. The highest BCUT2D eigenvalue weighted by Gasteiger charge is 2.17. The summed E-state index contributed by atoms with van der Waals surface area (Å²) in [7, 11) is 1.64. The minimum Gasteiger partial charge on any atom is -0.288 e. The largest absolute Gasteiger partial charge is 0.288 e. The Bertz CT molecular complexity index is 549. The number of hydrogen-bond acceptors (Lipinski definition) is 2. The Kier molecular flexibility index (Phi) is 2.52. The second-order valence-electron chi connectivity index (χ2n) is 3.33. The van der Waals surface area contributed by atoms with E-state index in [2.05, 4.69) is 5.10 Å². The van der Waals surface area contributed by atoms with Crippen LogP contribution in [0.1, 0.15) is 15.9 Å². The summed E-state index contributed by atoms with van der Waals surface area (Å²) < 4.78 is 27.7. The van der Waals surface area contributed by atoms with Crippen molar-refractivity contribution in [1.82, 2.24) is 9.78 Å². The highest BCUT2D eigenvalue weighted by molar-refractivity contribution is 6.08. The van der Waals surface area contributed by atoms with Crippen molar-refractivity contribution in [2.45, 2.75) is 0 Å². The van der Waals surface area contributed by atoms with Gasteiger partial charge in [-0.15, -0.1) is 0 Å². The van der Waals surface area contributed by atoms with Gasteiger partial charge < -0.3 is 0 Å². The van der Waals surface area contributed by atoms with E-state index in [1.807, 2.05) is 0 Å². The van der Waals surface area contributed by atoms with Gasteiger partial charge in [0.15, 0.2) is 17.4 Å². The van der Waals surface area contributed by atoms with E-state index >= 15 is 0 Å². The average molecular weight is 222 g/mol. The van der Waals surface area contributed by atoms with Crippen molar-refractivity contribution in [3.8, 4) is 0 Å². The summed E-state index contributed by atoms with van der Waals surface area (Å²) in [6.45, 7) is 0. The van der Waals surface area contributed by atoms with Gasteiger partial charge in [-0.3, -0.25) is 9.48 Å². The Morgan fingerprint density at radius 3 is 2.75 bits per heavy atom. The fourth-order valence-electron chi connectivity index (χ4n) is 1.37. The van der Waals surface area contributed by atoms with Crippen LogP contribution in [-0.2, 0) is 7.05 Å². The van der Waals surface area contributed by atoms with E-state index in [9.17, 15) is 13.6 Å². The Morgan fingerprint density at radius 1 is 1.38 bits per heavy atom. The maximum Gasteiger partial charge on any atom is 0.199 e. The van der Waals surface area contributed by atoms with E-state index in [0.29, 0.717) is 0 Å². The van der Waals surface area contributed by atoms with Crippen molar-refractivity contribution in [3.05, 3.63) is 53.4 Å². The molecule has 0 atom stereocenters. The van der Waals surface area contributed by atoms with E-state index in [-0.39, 0.29) is 11.1 Å². The lowest BCUT2D eigenvalue weighted by molar-refractivity contribution is 0.103. The highest BCUT2D eigenvalue weighted by Crippen LogP contribution is 2.15. The molecule has 16 heavy (non-hydrogen) atoms. The van der Waals surface area contributed by atoms with Crippen LogP contribution in [0.25, 0.3) is 0 Å². The van der Waals surface area contributed by atoms with Gasteiger partial charge in [0.25, 0.3) is 0 Å². The molecular formula is C11H8F2N2O. The lowest BCUT2D eigenvalue weighted by Crippen LogP contribution is -2.04. The van der Waals surface area contributed by atoms with Gasteiger partial charge in [-0.25, -0.2) is 8.78 Å². The highest BCUT2D eigenvalue weighted by atomic mass is 19.2. The molecule has 3 nitrogen and oxygen atoms in total. The first-order valence-electron chi connectivity index (χ1n) is 4.57. The first kappa shape index (κ1) is 10.5. The lowest BCUT2D eigenvalue weighted by atomic mass is 10.1. The first-order chi connectivity index (χ1) is 7.59. The van der Waals surface area contributed by atoms with Crippen LogP contribution in [-0.4, -0.2) is 15.6 Å². The Hall–Kier alpha value is -2.04. The van der Waals surface area contributed by atoms with Gasteiger partial charge in [0.05, 0.1) is 17.3 Å². The summed E-state index contributed by atoms with van der Waals surface area (Å²) in [4.78, 5) is 11.8. The van der Waals surface area contributed by atoms with Crippen LogP contribution in [0, 0.1) is 11.6 Å². The molecule has 0 aliphatic rings. The third-order valence-electron chi connectivity index (χ3n) is 2.16. The Labute approximate surface area is 90.3 Å². The number of nitrogens with zero attached hydrogens (tertiary/aromatic N) is 2. The number of aromatic nitrogens is 2. The van der Waals surface area contributed by atoms with Gasteiger partial charge >= 0.3 is 0 Å². The van der Waals surface area contributed by atoms with E-state index in [1.54, 1.807) is 7.05 Å². The third kappa shape index (κ3) is 1.71. The molecule has 0 bridgehead atoms. The number of rotatable bonds is 2. The first-order valence-corrected chi connectivity index (χ1v) is 4.57. The molecule has 0 aliphatic carbocycles. The van der Waals surface area contributed by atoms with E-state index < -0.39 is 17.4 Å². The van der Waals surface area contributed by atoms with E-state index in [1.165, 1.54) is 29.2 Å². The van der Waals surface area contributed by atoms with Crippen LogP contribution >= 0.6 is 0 Å². The molecule has 2 rings (SSSR count). The number of hydrogen-bond donors (Lipinski definition) is 0. The van der Waals surface area contributed by atoms with Crippen molar-refractivity contribution in [1.29, 1.82) is 0 Å². The molecule has 0 spiro atoms. The topological polar surface area (TPSA) is 34.9 Å².